The average molecular weight is 193 g/mol. The van der Waals surface area contributed by atoms with Gasteiger partial charge in [-0.3, -0.25) is 9.69 Å². The van der Waals surface area contributed by atoms with Crippen LogP contribution in [0.15, 0.2) is 18.3 Å². The number of nitrogens with zero attached hydrogens (tertiary/aromatic N) is 2. The summed E-state index contributed by atoms with van der Waals surface area (Å²) < 4.78 is 0. The Balaban J connectivity index is 2.73. The van der Waals surface area contributed by atoms with Crippen molar-refractivity contribution in [2.45, 2.75) is 6.04 Å². The van der Waals surface area contributed by atoms with E-state index in [0.29, 0.717) is 5.69 Å². The third kappa shape index (κ3) is 2.34. The molecule has 0 radical (unpaired) electrons. The highest BCUT2D eigenvalue weighted by molar-refractivity contribution is 5.69. The Morgan fingerprint density at radius 1 is 1.86 bits per heavy atom. The van der Waals surface area contributed by atoms with Crippen LogP contribution in [0.2, 0.25) is 0 Å². The summed E-state index contributed by atoms with van der Waals surface area (Å²) in [5, 5.41) is 17.4. The predicted molar refractivity (Wildman–Crippen MR) is 49.4 cm³/mol. The van der Waals surface area contributed by atoms with Gasteiger partial charge in [0.1, 0.15) is 6.04 Å². The summed E-state index contributed by atoms with van der Waals surface area (Å²) in [5.41, 5.74) is 0.705. The maximum atomic E-state index is 10.4. The molecule has 0 aliphatic rings. The Morgan fingerprint density at radius 3 is 3.00 bits per heavy atom. The second kappa shape index (κ2) is 4.44. The largest absolute Gasteiger partial charge is 0.480 e. The van der Waals surface area contributed by atoms with Gasteiger partial charge in [-0.25, -0.2) is 0 Å². The number of aromatic amines is 1. The molecule has 1 heterocycles. The molecular formula is C9H11N3O2. The van der Waals surface area contributed by atoms with Crippen molar-refractivity contribution in [1.82, 2.24) is 9.88 Å². The van der Waals surface area contributed by atoms with Crippen LogP contribution in [0.5, 0.6) is 0 Å². The third-order valence-electron chi connectivity index (χ3n) is 1.86. The second-order valence-corrected chi connectivity index (χ2v) is 2.97. The van der Waals surface area contributed by atoms with Crippen molar-refractivity contribution in [3.63, 3.8) is 0 Å². The molecule has 0 amide bonds. The summed E-state index contributed by atoms with van der Waals surface area (Å²) >= 11 is 0. The fourth-order valence-corrected chi connectivity index (χ4v) is 1.22. The van der Waals surface area contributed by atoms with Gasteiger partial charge in [0.05, 0.1) is 12.6 Å². The topological polar surface area (TPSA) is 80.1 Å². The number of hydrogen-bond donors (Lipinski definition) is 2. The number of hydrogen-bond acceptors (Lipinski definition) is 3. The molecule has 5 nitrogen and oxygen atoms in total. The zero-order valence-corrected chi connectivity index (χ0v) is 7.77. The van der Waals surface area contributed by atoms with E-state index < -0.39 is 12.0 Å². The van der Waals surface area contributed by atoms with Crippen LogP contribution in [-0.4, -0.2) is 34.6 Å². The zero-order valence-electron chi connectivity index (χ0n) is 7.77. The van der Waals surface area contributed by atoms with Gasteiger partial charge in [0.2, 0.25) is 0 Å². The van der Waals surface area contributed by atoms with Crippen molar-refractivity contribution in [2.24, 2.45) is 0 Å². The number of nitrogens with one attached hydrogen (secondary N) is 1. The molecule has 14 heavy (non-hydrogen) atoms. The zero-order chi connectivity index (χ0) is 10.6. The molecule has 74 valence electrons. The van der Waals surface area contributed by atoms with Crippen LogP contribution in [0.1, 0.15) is 11.7 Å². The normalized spacial score (nSPS) is 12.4. The minimum atomic E-state index is -0.945. The summed E-state index contributed by atoms with van der Waals surface area (Å²) in [6, 6.07) is 5.03. The van der Waals surface area contributed by atoms with E-state index in [2.05, 4.69) is 4.98 Å². The first kappa shape index (κ1) is 10.3. The number of carboxylic acids is 1. The molecule has 0 bridgehead atoms. The molecule has 0 saturated carbocycles. The number of carboxylic acid groups (broad SMARTS) is 1. The Kier molecular flexibility index (Phi) is 3.26. The van der Waals surface area contributed by atoms with E-state index in [9.17, 15) is 4.79 Å². The van der Waals surface area contributed by atoms with E-state index >= 15 is 0 Å². The standard InChI is InChI=1S/C9H11N3O2/c1-12(6-9(13)14)8(5-10)7-3-2-4-11-7/h2-4,8,11H,6H2,1H3,(H,13,14). The maximum absolute atomic E-state index is 10.4. The van der Waals surface area contributed by atoms with Gasteiger partial charge in [-0.05, 0) is 19.2 Å². The molecule has 1 unspecified atom stereocenters. The van der Waals surface area contributed by atoms with E-state index in [1.54, 1.807) is 25.4 Å². The Morgan fingerprint density at radius 2 is 2.57 bits per heavy atom. The van der Waals surface area contributed by atoms with Crippen molar-refractivity contribution in [1.29, 1.82) is 5.26 Å². The minimum Gasteiger partial charge on any atom is -0.480 e. The van der Waals surface area contributed by atoms with E-state index in [4.69, 9.17) is 10.4 Å². The summed E-state index contributed by atoms with van der Waals surface area (Å²) in [5.74, 6) is -0.945. The number of likely N-dealkylation sites (N-methyl/N-ethyl adjacent to an activating group) is 1. The number of carbonyl (C=O) groups is 1. The third-order valence-corrected chi connectivity index (χ3v) is 1.86. The number of nitriles is 1. The lowest BCUT2D eigenvalue weighted by Gasteiger charge is -2.18. The van der Waals surface area contributed by atoms with Crippen LogP contribution in [0, 0.1) is 11.3 Å². The van der Waals surface area contributed by atoms with Gasteiger partial charge in [-0.15, -0.1) is 0 Å². The number of aromatic nitrogens is 1. The summed E-state index contributed by atoms with van der Waals surface area (Å²) in [4.78, 5) is 14.8. The Bertz CT molecular complexity index is 339. The van der Waals surface area contributed by atoms with E-state index in [1.165, 1.54) is 4.90 Å². The Labute approximate surface area is 81.6 Å². The van der Waals surface area contributed by atoms with Crippen molar-refractivity contribution >= 4 is 5.97 Å². The predicted octanol–water partition coefficient (Wildman–Crippen LogP) is 0.596. The molecular weight excluding hydrogens is 182 g/mol. The highest BCUT2D eigenvalue weighted by atomic mass is 16.4. The maximum Gasteiger partial charge on any atom is 0.317 e. The molecule has 0 aliphatic heterocycles. The van der Waals surface area contributed by atoms with Gasteiger partial charge in [-0.2, -0.15) is 5.26 Å². The first-order valence-corrected chi connectivity index (χ1v) is 4.10. The molecule has 0 aliphatic carbocycles. The molecule has 1 atom stereocenters. The van der Waals surface area contributed by atoms with Gasteiger partial charge in [0, 0.05) is 11.9 Å². The second-order valence-electron chi connectivity index (χ2n) is 2.97. The van der Waals surface area contributed by atoms with E-state index in [0.717, 1.165) is 0 Å². The number of aliphatic carboxylic acids is 1. The molecule has 5 heteroatoms. The van der Waals surface area contributed by atoms with Crippen LogP contribution >= 0.6 is 0 Å². The fourth-order valence-electron chi connectivity index (χ4n) is 1.22. The molecule has 1 rings (SSSR count). The minimum absolute atomic E-state index is 0.156. The lowest BCUT2D eigenvalue weighted by atomic mass is 10.2. The van der Waals surface area contributed by atoms with Crippen molar-refractivity contribution in [2.75, 3.05) is 13.6 Å². The molecule has 1 aromatic heterocycles. The molecule has 0 spiro atoms. The average Bonchev–Trinajstić information content (AvgIpc) is 2.57. The van der Waals surface area contributed by atoms with Crippen molar-refractivity contribution < 1.29 is 9.90 Å². The van der Waals surface area contributed by atoms with E-state index in [1.807, 2.05) is 6.07 Å². The van der Waals surface area contributed by atoms with Gasteiger partial charge < -0.3 is 10.1 Å². The fraction of sp³-hybridized carbons (Fsp3) is 0.333. The van der Waals surface area contributed by atoms with Crippen molar-refractivity contribution in [3.8, 4) is 6.07 Å². The quantitative estimate of drug-likeness (QED) is 0.733. The Hall–Kier alpha value is -1.80. The summed E-state index contributed by atoms with van der Waals surface area (Å²) in [6.45, 7) is -0.156. The SMILES string of the molecule is CN(CC(=O)O)C(C#N)c1ccc[nH]1. The van der Waals surface area contributed by atoms with Gasteiger partial charge >= 0.3 is 5.97 Å². The van der Waals surface area contributed by atoms with Crippen LogP contribution in [-0.2, 0) is 4.79 Å². The lowest BCUT2D eigenvalue weighted by Crippen LogP contribution is -2.29. The first-order chi connectivity index (χ1) is 6.65. The molecule has 2 N–H and O–H groups in total. The van der Waals surface area contributed by atoms with Gasteiger partial charge in [-0.1, -0.05) is 0 Å². The molecule has 0 saturated heterocycles. The first-order valence-electron chi connectivity index (χ1n) is 4.10. The van der Waals surface area contributed by atoms with Crippen LogP contribution < -0.4 is 0 Å². The van der Waals surface area contributed by atoms with E-state index in [-0.39, 0.29) is 6.54 Å². The smallest absolute Gasteiger partial charge is 0.317 e. The highest BCUT2D eigenvalue weighted by Crippen LogP contribution is 2.15. The van der Waals surface area contributed by atoms with Crippen LogP contribution in [0.4, 0.5) is 0 Å². The lowest BCUT2D eigenvalue weighted by molar-refractivity contribution is -0.138. The van der Waals surface area contributed by atoms with Crippen LogP contribution in [0.3, 0.4) is 0 Å². The van der Waals surface area contributed by atoms with Gasteiger partial charge in [0.15, 0.2) is 0 Å². The summed E-state index contributed by atoms with van der Waals surface area (Å²) in [7, 11) is 1.60. The van der Waals surface area contributed by atoms with Crippen LogP contribution in [0.25, 0.3) is 0 Å². The molecule has 0 fully saturated rings. The molecule has 1 aromatic rings. The van der Waals surface area contributed by atoms with Gasteiger partial charge in [0.25, 0.3) is 0 Å². The summed E-state index contributed by atoms with van der Waals surface area (Å²) in [6.07, 6.45) is 1.70. The monoisotopic (exact) mass is 193 g/mol. The highest BCUT2D eigenvalue weighted by Gasteiger charge is 2.18. The molecule has 0 aromatic carbocycles. The number of H-pyrrole nitrogens is 1. The number of rotatable bonds is 4. The van der Waals surface area contributed by atoms with Crippen molar-refractivity contribution in [3.05, 3.63) is 24.0 Å².